The van der Waals surface area contributed by atoms with Crippen LogP contribution in [-0.4, -0.2) is 55.0 Å². The minimum absolute atomic E-state index is 0.0776. The van der Waals surface area contributed by atoms with E-state index in [1.54, 1.807) is 24.3 Å². The first-order valence-electron chi connectivity index (χ1n) is 14.7. The lowest BCUT2D eigenvalue weighted by atomic mass is 9.91. The van der Waals surface area contributed by atoms with E-state index in [9.17, 15) is 19.1 Å². The highest BCUT2D eigenvalue weighted by Crippen LogP contribution is 2.33. The van der Waals surface area contributed by atoms with E-state index in [1.807, 2.05) is 6.08 Å². The number of carboxylic acid groups (broad SMARTS) is 1. The summed E-state index contributed by atoms with van der Waals surface area (Å²) >= 11 is 0. The van der Waals surface area contributed by atoms with Gasteiger partial charge in [0.25, 0.3) is 5.79 Å². The largest absolute Gasteiger partial charge is 0.493 e. The van der Waals surface area contributed by atoms with Gasteiger partial charge in [-0.3, -0.25) is 4.79 Å². The number of benzene rings is 1. The van der Waals surface area contributed by atoms with Gasteiger partial charge in [-0.25, -0.2) is 9.18 Å². The van der Waals surface area contributed by atoms with Crippen LogP contribution in [0, 0.1) is 17.7 Å². The molecule has 41 heavy (non-hydrogen) atoms. The number of Topliss-reactive ketones (excluding diaryl/α,β-unsaturated/α-hetero) is 1. The van der Waals surface area contributed by atoms with Crippen LogP contribution in [0.4, 0.5) is 4.39 Å². The SMILES string of the molecule is O=C1CC[C@H](/C=C/CCOc2cccc(F)c2)[C@H]1CC=C=CCC(OC1CCCCO1)(OC1CCCCO1)C(=O)O. The van der Waals surface area contributed by atoms with Crippen molar-refractivity contribution in [1.29, 1.82) is 0 Å². The molecule has 1 aliphatic carbocycles. The number of hydrogen-bond donors (Lipinski definition) is 1. The van der Waals surface area contributed by atoms with Crippen LogP contribution < -0.4 is 4.74 Å². The minimum Gasteiger partial charge on any atom is -0.493 e. The van der Waals surface area contributed by atoms with Crippen LogP contribution in [-0.2, 0) is 28.5 Å². The Morgan fingerprint density at radius 2 is 1.80 bits per heavy atom. The van der Waals surface area contributed by atoms with Crippen LogP contribution >= 0.6 is 0 Å². The number of hydrogen-bond acceptors (Lipinski definition) is 7. The van der Waals surface area contributed by atoms with E-state index >= 15 is 0 Å². The molecule has 0 amide bonds. The summed E-state index contributed by atoms with van der Waals surface area (Å²) < 4.78 is 42.1. The van der Waals surface area contributed by atoms with Gasteiger partial charge in [0.1, 0.15) is 17.3 Å². The summed E-state index contributed by atoms with van der Waals surface area (Å²) in [5, 5.41) is 10.2. The Kier molecular flexibility index (Phi) is 12.1. The molecule has 2 saturated heterocycles. The maximum atomic E-state index is 13.3. The third-order valence-corrected chi connectivity index (χ3v) is 7.61. The van der Waals surface area contributed by atoms with E-state index in [2.05, 4.69) is 11.8 Å². The Morgan fingerprint density at radius 1 is 1.07 bits per heavy atom. The maximum Gasteiger partial charge on any atom is 0.364 e. The Labute approximate surface area is 241 Å². The second-order valence-electron chi connectivity index (χ2n) is 10.7. The van der Waals surface area contributed by atoms with Crippen LogP contribution in [0.1, 0.15) is 70.6 Å². The highest BCUT2D eigenvalue weighted by Gasteiger charge is 2.46. The van der Waals surface area contributed by atoms with Gasteiger partial charge < -0.3 is 28.8 Å². The van der Waals surface area contributed by atoms with Crippen molar-refractivity contribution in [3.8, 4) is 5.75 Å². The minimum atomic E-state index is -1.95. The highest BCUT2D eigenvalue weighted by atomic mass is 19.1. The number of aliphatic carboxylic acids is 1. The van der Waals surface area contributed by atoms with Crippen molar-refractivity contribution in [1.82, 2.24) is 0 Å². The zero-order valence-corrected chi connectivity index (χ0v) is 23.5. The van der Waals surface area contributed by atoms with Crippen LogP contribution in [0.15, 0.2) is 54.3 Å². The summed E-state index contributed by atoms with van der Waals surface area (Å²) in [6.45, 7) is 1.45. The predicted octanol–water partition coefficient (Wildman–Crippen LogP) is 6.10. The van der Waals surface area contributed by atoms with Crippen molar-refractivity contribution >= 4 is 11.8 Å². The standard InChI is InChI=1S/C32H41FO8/c33-25-12-10-13-26(23-25)37-20-7-3-11-24-17-18-28(34)27(24)14-2-1-6-19-32(31(35)36,40-29-15-4-8-21-38-29)41-30-16-5-9-22-39-30/h2-3,6,10-13,23-24,27,29-30H,4-5,7-9,14-22H2,(H,35,36)/b11-3+/t1?,24-,27+,29?,30?,32?/m0/s1. The summed E-state index contributed by atoms with van der Waals surface area (Å²) in [6, 6.07) is 6.04. The Morgan fingerprint density at radius 3 is 2.44 bits per heavy atom. The molecule has 4 rings (SSSR count). The zero-order valence-electron chi connectivity index (χ0n) is 23.5. The normalized spacial score (nSPS) is 26.3. The van der Waals surface area contributed by atoms with Crippen molar-refractivity contribution in [2.75, 3.05) is 19.8 Å². The van der Waals surface area contributed by atoms with E-state index in [-0.39, 0.29) is 29.9 Å². The fourth-order valence-corrected chi connectivity index (χ4v) is 5.36. The molecule has 1 N–H and O–H groups in total. The van der Waals surface area contributed by atoms with Gasteiger partial charge in [0.05, 0.1) is 6.61 Å². The molecule has 9 heteroatoms. The molecular weight excluding hydrogens is 531 g/mol. The molecule has 0 aromatic heterocycles. The highest BCUT2D eigenvalue weighted by molar-refractivity contribution is 5.83. The smallest absolute Gasteiger partial charge is 0.364 e. The number of carbonyl (C=O) groups is 2. The fourth-order valence-electron chi connectivity index (χ4n) is 5.36. The van der Waals surface area contributed by atoms with Gasteiger partial charge in [-0.05, 0) is 88.0 Å². The van der Waals surface area contributed by atoms with Crippen LogP contribution in [0.3, 0.4) is 0 Å². The van der Waals surface area contributed by atoms with E-state index in [0.717, 1.165) is 32.1 Å². The van der Waals surface area contributed by atoms with Crippen molar-refractivity contribution in [3.63, 3.8) is 0 Å². The third-order valence-electron chi connectivity index (χ3n) is 7.61. The van der Waals surface area contributed by atoms with E-state index < -0.39 is 24.3 Å². The van der Waals surface area contributed by atoms with Gasteiger partial charge in [0.15, 0.2) is 12.6 Å². The summed E-state index contributed by atoms with van der Waals surface area (Å²) in [5.41, 5.74) is 3.06. The molecule has 1 aromatic rings. The van der Waals surface area contributed by atoms with Gasteiger partial charge in [-0.1, -0.05) is 18.2 Å². The number of rotatable bonds is 14. The second kappa shape index (κ2) is 16.0. The Bertz CT molecular complexity index is 1060. The number of ether oxygens (including phenoxy) is 5. The number of carbonyl (C=O) groups excluding carboxylic acids is 1. The number of allylic oxidation sites excluding steroid dienone is 1. The second-order valence-corrected chi connectivity index (χ2v) is 10.7. The molecule has 4 atom stereocenters. The first-order valence-corrected chi connectivity index (χ1v) is 14.7. The molecule has 224 valence electrons. The predicted molar refractivity (Wildman–Crippen MR) is 148 cm³/mol. The summed E-state index contributed by atoms with van der Waals surface area (Å²) in [7, 11) is 0. The molecule has 1 aromatic carbocycles. The van der Waals surface area contributed by atoms with Gasteiger partial charge in [0.2, 0.25) is 0 Å². The van der Waals surface area contributed by atoms with Gasteiger partial charge in [-0.15, -0.1) is 5.73 Å². The van der Waals surface area contributed by atoms with E-state index in [1.165, 1.54) is 12.1 Å². The Hall–Kier alpha value is -2.81. The summed E-state index contributed by atoms with van der Waals surface area (Å²) in [6.07, 6.45) is 13.3. The van der Waals surface area contributed by atoms with Crippen LogP contribution in [0.25, 0.3) is 0 Å². The zero-order chi connectivity index (χ0) is 28.9. The first-order chi connectivity index (χ1) is 19.9. The molecule has 0 spiro atoms. The summed E-state index contributed by atoms with van der Waals surface area (Å²) in [5.74, 6) is -2.86. The monoisotopic (exact) mass is 572 g/mol. The van der Waals surface area contributed by atoms with E-state index in [4.69, 9.17) is 23.7 Å². The number of halogens is 1. The topological polar surface area (TPSA) is 101 Å². The Balaban J connectivity index is 1.32. The van der Waals surface area contributed by atoms with Gasteiger partial charge >= 0.3 is 5.97 Å². The maximum absolute atomic E-state index is 13.3. The molecule has 2 heterocycles. The summed E-state index contributed by atoms with van der Waals surface area (Å²) in [4.78, 5) is 25.0. The van der Waals surface area contributed by atoms with Crippen molar-refractivity contribution in [2.45, 2.75) is 89.0 Å². The van der Waals surface area contributed by atoms with Crippen molar-refractivity contribution in [3.05, 3.63) is 60.1 Å². The molecule has 0 radical (unpaired) electrons. The molecule has 2 aliphatic heterocycles. The first kappa shape index (κ1) is 31.1. The number of ketones is 1. The molecule has 3 aliphatic rings. The molecule has 8 nitrogen and oxygen atoms in total. The van der Waals surface area contributed by atoms with Crippen LogP contribution in [0.5, 0.6) is 5.75 Å². The van der Waals surface area contributed by atoms with Crippen molar-refractivity contribution in [2.24, 2.45) is 11.8 Å². The number of carboxylic acids is 1. The van der Waals surface area contributed by atoms with Crippen molar-refractivity contribution < 1.29 is 42.8 Å². The molecular formula is C32H41FO8. The van der Waals surface area contributed by atoms with Gasteiger partial charge in [-0.2, -0.15) is 0 Å². The average Bonchev–Trinajstić information content (AvgIpc) is 3.32. The fraction of sp³-hybridized carbons (Fsp3) is 0.594. The molecule has 3 fully saturated rings. The van der Waals surface area contributed by atoms with Gasteiger partial charge in [0, 0.05) is 38.0 Å². The molecule has 1 saturated carbocycles. The lowest BCUT2D eigenvalue weighted by Gasteiger charge is -2.37. The quantitative estimate of drug-likeness (QED) is 0.123. The lowest BCUT2D eigenvalue weighted by Crippen LogP contribution is -2.50. The average molecular weight is 573 g/mol. The van der Waals surface area contributed by atoms with Crippen LogP contribution in [0.2, 0.25) is 0 Å². The lowest BCUT2D eigenvalue weighted by molar-refractivity contribution is -0.349. The molecule has 0 bridgehead atoms. The molecule has 2 unspecified atom stereocenters. The third kappa shape index (κ3) is 9.62. The van der Waals surface area contributed by atoms with E-state index in [0.29, 0.717) is 57.7 Å².